The number of nitrogens with zero attached hydrogens (tertiary/aromatic N) is 2. The molecule has 0 aromatic rings. The molecule has 0 spiro atoms. The van der Waals surface area contributed by atoms with Crippen LogP contribution >= 0.6 is 11.8 Å². The molecule has 6 nitrogen and oxygen atoms in total. The fourth-order valence-electron chi connectivity index (χ4n) is 2.22. The third-order valence-electron chi connectivity index (χ3n) is 3.25. The predicted octanol–water partition coefficient (Wildman–Crippen LogP) is -0.0504. The highest BCUT2D eigenvalue weighted by atomic mass is 32.2. The van der Waals surface area contributed by atoms with Crippen LogP contribution in [0.5, 0.6) is 0 Å². The van der Waals surface area contributed by atoms with Gasteiger partial charge in [0.2, 0.25) is 5.91 Å². The monoisotopic (exact) mass is 273 g/mol. The Morgan fingerprint density at radius 2 is 1.94 bits per heavy atom. The summed E-state index contributed by atoms with van der Waals surface area (Å²) in [5.74, 6) is 1.85. The molecule has 2 heterocycles. The number of methoxy groups -OCH3 is 1. The molecular formula is C11H19N3O3S. The van der Waals surface area contributed by atoms with Gasteiger partial charge in [-0.3, -0.25) is 10.1 Å². The molecule has 1 atom stereocenters. The summed E-state index contributed by atoms with van der Waals surface area (Å²) >= 11 is 1.75. The van der Waals surface area contributed by atoms with E-state index in [4.69, 9.17) is 4.74 Å². The van der Waals surface area contributed by atoms with Gasteiger partial charge in [0.25, 0.3) is 0 Å². The fourth-order valence-corrected chi connectivity index (χ4v) is 3.16. The van der Waals surface area contributed by atoms with Gasteiger partial charge in [-0.15, -0.1) is 11.8 Å². The smallest absolute Gasteiger partial charge is 0.409 e. The molecule has 2 saturated heterocycles. The van der Waals surface area contributed by atoms with Gasteiger partial charge in [-0.05, 0) is 6.42 Å². The number of hydrogen-bond donors (Lipinski definition) is 1. The van der Waals surface area contributed by atoms with Crippen LogP contribution in [0.2, 0.25) is 0 Å². The molecule has 2 aliphatic rings. The number of amides is 2. The number of ether oxygens (including phenoxy) is 1. The lowest BCUT2D eigenvalue weighted by Gasteiger charge is -2.24. The minimum Gasteiger partial charge on any atom is -0.453 e. The van der Waals surface area contributed by atoms with Crippen molar-refractivity contribution in [2.24, 2.45) is 0 Å². The number of carbonyl (C=O) groups excluding carboxylic acids is 2. The van der Waals surface area contributed by atoms with Gasteiger partial charge in [0.05, 0.1) is 13.2 Å². The highest BCUT2D eigenvalue weighted by Gasteiger charge is 2.29. The molecule has 1 N–H and O–H groups in total. The maximum atomic E-state index is 12.2. The van der Waals surface area contributed by atoms with Crippen molar-refractivity contribution in [2.75, 3.05) is 44.9 Å². The lowest BCUT2D eigenvalue weighted by molar-refractivity contribution is -0.132. The molecule has 0 aliphatic carbocycles. The Morgan fingerprint density at radius 3 is 2.61 bits per heavy atom. The van der Waals surface area contributed by atoms with Crippen molar-refractivity contribution in [1.29, 1.82) is 0 Å². The standard InChI is InChI=1S/C11H19N3O3S/c1-17-11(16)14-4-2-3-13(5-6-14)10(15)9-7-18-8-12-9/h9,12H,2-8H2,1H3. The van der Waals surface area contributed by atoms with Crippen LogP contribution in [0, 0.1) is 0 Å². The first kappa shape index (κ1) is 13.5. The van der Waals surface area contributed by atoms with Crippen LogP contribution in [0.15, 0.2) is 0 Å². The van der Waals surface area contributed by atoms with Gasteiger partial charge in [0, 0.05) is 37.8 Å². The first-order valence-corrected chi connectivity index (χ1v) is 7.30. The molecule has 1 unspecified atom stereocenters. The number of nitrogens with one attached hydrogen (secondary N) is 1. The molecule has 0 saturated carbocycles. The van der Waals surface area contributed by atoms with Gasteiger partial charge in [0.1, 0.15) is 0 Å². The summed E-state index contributed by atoms with van der Waals surface area (Å²) in [6.45, 7) is 2.52. The van der Waals surface area contributed by atoms with Crippen molar-refractivity contribution in [3.05, 3.63) is 0 Å². The number of thioether (sulfide) groups is 1. The molecule has 0 bridgehead atoms. The Labute approximate surface area is 111 Å². The average molecular weight is 273 g/mol. The summed E-state index contributed by atoms with van der Waals surface area (Å²) in [5, 5.41) is 3.19. The van der Waals surface area contributed by atoms with Crippen molar-refractivity contribution in [1.82, 2.24) is 15.1 Å². The van der Waals surface area contributed by atoms with Crippen LogP contribution in [-0.4, -0.2) is 72.8 Å². The van der Waals surface area contributed by atoms with Crippen molar-refractivity contribution >= 4 is 23.8 Å². The summed E-state index contributed by atoms with van der Waals surface area (Å²) in [4.78, 5) is 27.2. The molecule has 2 aliphatic heterocycles. The molecule has 7 heteroatoms. The van der Waals surface area contributed by atoms with Crippen molar-refractivity contribution < 1.29 is 14.3 Å². The van der Waals surface area contributed by atoms with E-state index in [0.717, 1.165) is 24.6 Å². The topological polar surface area (TPSA) is 61.9 Å². The van der Waals surface area contributed by atoms with E-state index in [1.807, 2.05) is 4.90 Å². The van der Waals surface area contributed by atoms with Crippen molar-refractivity contribution in [3.63, 3.8) is 0 Å². The maximum absolute atomic E-state index is 12.2. The second-order valence-electron chi connectivity index (χ2n) is 4.41. The molecule has 2 fully saturated rings. The van der Waals surface area contributed by atoms with Gasteiger partial charge >= 0.3 is 6.09 Å². The van der Waals surface area contributed by atoms with E-state index in [-0.39, 0.29) is 18.0 Å². The Kier molecular flexibility index (Phi) is 4.71. The van der Waals surface area contributed by atoms with E-state index in [9.17, 15) is 9.59 Å². The summed E-state index contributed by atoms with van der Waals surface area (Å²) in [5.41, 5.74) is 0. The van der Waals surface area contributed by atoms with Crippen molar-refractivity contribution in [3.8, 4) is 0 Å². The third-order valence-corrected chi connectivity index (χ3v) is 4.19. The normalized spacial score (nSPS) is 24.8. The van der Waals surface area contributed by atoms with Gasteiger partial charge in [-0.2, -0.15) is 0 Å². The molecule has 0 radical (unpaired) electrons. The quantitative estimate of drug-likeness (QED) is 0.726. The summed E-state index contributed by atoms with van der Waals surface area (Å²) in [6, 6.07) is -0.0559. The van der Waals surface area contributed by atoms with Gasteiger partial charge in [-0.25, -0.2) is 4.79 Å². The van der Waals surface area contributed by atoms with E-state index in [1.54, 1.807) is 16.7 Å². The average Bonchev–Trinajstić information content (AvgIpc) is 2.81. The van der Waals surface area contributed by atoms with E-state index in [1.165, 1.54) is 7.11 Å². The molecule has 2 rings (SSSR count). The summed E-state index contributed by atoms with van der Waals surface area (Å²) in [7, 11) is 1.38. The van der Waals surface area contributed by atoms with E-state index in [0.29, 0.717) is 19.6 Å². The lowest BCUT2D eigenvalue weighted by Crippen LogP contribution is -2.46. The Morgan fingerprint density at radius 1 is 1.22 bits per heavy atom. The molecule has 0 aromatic carbocycles. The fraction of sp³-hybridized carbons (Fsp3) is 0.818. The zero-order chi connectivity index (χ0) is 13.0. The van der Waals surface area contributed by atoms with Crippen LogP contribution in [-0.2, 0) is 9.53 Å². The van der Waals surface area contributed by atoms with E-state index in [2.05, 4.69) is 5.32 Å². The van der Waals surface area contributed by atoms with Gasteiger partial charge in [-0.1, -0.05) is 0 Å². The van der Waals surface area contributed by atoms with Crippen LogP contribution in [0.4, 0.5) is 4.79 Å². The Bertz CT molecular complexity index is 321. The van der Waals surface area contributed by atoms with Crippen LogP contribution in [0.1, 0.15) is 6.42 Å². The summed E-state index contributed by atoms with van der Waals surface area (Å²) in [6.07, 6.45) is 0.500. The highest BCUT2D eigenvalue weighted by Crippen LogP contribution is 2.13. The molecule has 0 aromatic heterocycles. The van der Waals surface area contributed by atoms with Crippen molar-refractivity contribution in [2.45, 2.75) is 12.5 Å². The zero-order valence-corrected chi connectivity index (χ0v) is 11.4. The number of hydrogen-bond acceptors (Lipinski definition) is 5. The first-order valence-electron chi connectivity index (χ1n) is 6.15. The number of rotatable bonds is 1. The van der Waals surface area contributed by atoms with E-state index >= 15 is 0 Å². The maximum Gasteiger partial charge on any atom is 0.409 e. The SMILES string of the molecule is COC(=O)N1CCCN(C(=O)C2CSCN2)CC1. The summed E-state index contributed by atoms with van der Waals surface area (Å²) < 4.78 is 4.71. The second kappa shape index (κ2) is 6.29. The minimum absolute atomic E-state index is 0.0559. The van der Waals surface area contributed by atoms with Crippen LogP contribution in [0.3, 0.4) is 0 Å². The largest absolute Gasteiger partial charge is 0.453 e. The zero-order valence-electron chi connectivity index (χ0n) is 10.6. The number of carbonyl (C=O) groups is 2. The molecular weight excluding hydrogens is 254 g/mol. The molecule has 18 heavy (non-hydrogen) atoms. The molecule has 102 valence electrons. The Hall–Kier alpha value is -0.950. The van der Waals surface area contributed by atoms with Crippen LogP contribution < -0.4 is 5.32 Å². The minimum atomic E-state index is -0.307. The molecule has 2 amide bonds. The van der Waals surface area contributed by atoms with Crippen LogP contribution in [0.25, 0.3) is 0 Å². The highest BCUT2D eigenvalue weighted by molar-refractivity contribution is 7.99. The first-order chi connectivity index (χ1) is 8.72. The van der Waals surface area contributed by atoms with Gasteiger partial charge in [0.15, 0.2) is 0 Å². The predicted molar refractivity (Wildman–Crippen MR) is 69.4 cm³/mol. The van der Waals surface area contributed by atoms with E-state index < -0.39 is 0 Å². The Balaban J connectivity index is 1.88. The lowest BCUT2D eigenvalue weighted by atomic mass is 10.2. The third kappa shape index (κ3) is 3.08. The van der Waals surface area contributed by atoms with Gasteiger partial charge < -0.3 is 14.5 Å². The second-order valence-corrected chi connectivity index (χ2v) is 5.44.